The van der Waals surface area contributed by atoms with Gasteiger partial charge < -0.3 is 19.9 Å². The molecule has 7 nitrogen and oxygen atoms in total. The molecule has 28 heavy (non-hydrogen) atoms. The summed E-state index contributed by atoms with van der Waals surface area (Å²) in [5.41, 5.74) is -1.33. The number of halogens is 2. The van der Waals surface area contributed by atoms with Crippen LogP contribution in [0.2, 0.25) is 0 Å². The number of pyridine rings is 2. The molecule has 2 fully saturated rings. The summed E-state index contributed by atoms with van der Waals surface area (Å²) in [5, 5.41) is 12.8. The number of nitrogens with one attached hydrogen (secondary N) is 1. The van der Waals surface area contributed by atoms with Crippen LogP contribution in [0.1, 0.15) is 44.5 Å². The molecule has 2 bridgehead atoms. The number of aromatic carboxylic acids is 1. The molecule has 0 amide bonds. The van der Waals surface area contributed by atoms with E-state index in [9.17, 15) is 19.1 Å². The Kier molecular flexibility index (Phi) is 4.92. The fraction of sp³-hybridized carbons (Fsp3) is 0.526. The number of aromatic nitrogens is 2. The van der Waals surface area contributed by atoms with Gasteiger partial charge in [-0.3, -0.25) is 4.79 Å². The maximum absolute atomic E-state index is 15.0. The van der Waals surface area contributed by atoms with Gasteiger partial charge in [0.1, 0.15) is 11.2 Å². The number of nitrogens with zero attached hydrogens (tertiary/aromatic N) is 3. The molecular formula is C19H24ClFN4O3. The zero-order chi connectivity index (χ0) is 19.7. The summed E-state index contributed by atoms with van der Waals surface area (Å²) < 4.78 is 16.6. The first-order valence-corrected chi connectivity index (χ1v) is 9.11. The van der Waals surface area contributed by atoms with Gasteiger partial charge in [0.2, 0.25) is 5.43 Å². The van der Waals surface area contributed by atoms with Gasteiger partial charge in [-0.1, -0.05) is 0 Å². The Hall–Kier alpha value is -2.19. The van der Waals surface area contributed by atoms with Gasteiger partial charge in [-0.25, -0.2) is 14.2 Å². The van der Waals surface area contributed by atoms with Crippen LogP contribution in [-0.4, -0.2) is 45.3 Å². The molecule has 2 aliphatic rings. The summed E-state index contributed by atoms with van der Waals surface area (Å²) in [6.45, 7) is 8.47. The standard InChI is InChI=1S/C19H23FN4O3.ClH/c1-9-14-5-10(7-21-14)24(9)17-13(20)6-11-15(25)12(18(26)27)8-23(16(11)22-17)19(2,3)4;/h6,8-10,14,21H,5,7H2,1-4H3,(H,26,27);1H/t9-,10+,14+;/m0./s1. The third-order valence-electron chi connectivity index (χ3n) is 5.67. The molecule has 4 rings (SSSR count). The third-order valence-corrected chi connectivity index (χ3v) is 5.67. The first-order chi connectivity index (χ1) is 12.6. The maximum Gasteiger partial charge on any atom is 0.341 e. The maximum atomic E-state index is 15.0. The summed E-state index contributed by atoms with van der Waals surface area (Å²) in [7, 11) is 0. The van der Waals surface area contributed by atoms with E-state index >= 15 is 0 Å². The van der Waals surface area contributed by atoms with Crippen LogP contribution in [0, 0.1) is 5.82 Å². The van der Waals surface area contributed by atoms with Crippen LogP contribution in [0.3, 0.4) is 0 Å². The normalized spacial score (nSPS) is 23.9. The summed E-state index contributed by atoms with van der Waals surface area (Å²) in [6, 6.07) is 1.70. The minimum Gasteiger partial charge on any atom is -0.477 e. The Morgan fingerprint density at radius 3 is 2.61 bits per heavy atom. The van der Waals surface area contributed by atoms with Crippen LogP contribution in [0.25, 0.3) is 11.0 Å². The van der Waals surface area contributed by atoms with E-state index in [1.165, 1.54) is 6.20 Å². The van der Waals surface area contributed by atoms with Crippen molar-refractivity contribution in [2.24, 2.45) is 0 Å². The minimum absolute atomic E-state index is 0. The predicted molar refractivity (Wildman–Crippen MR) is 107 cm³/mol. The molecular weight excluding hydrogens is 387 g/mol. The van der Waals surface area contributed by atoms with Crippen LogP contribution in [0.5, 0.6) is 0 Å². The van der Waals surface area contributed by atoms with E-state index in [4.69, 9.17) is 0 Å². The Bertz CT molecular complexity index is 1010. The van der Waals surface area contributed by atoms with E-state index in [-0.39, 0.29) is 41.3 Å². The van der Waals surface area contributed by atoms with Crippen molar-refractivity contribution >= 4 is 35.2 Å². The molecule has 0 spiro atoms. The second kappa shape index (κ2) is 6.70. The lowest BCUT2D eigenvalue weighted by atomic mass is 10.1. The van der Waals surface area contributed by atoms with Gasteiger partial charge in [0.05, 0.1) is 5.39 Å². The number of fused-ring (bicyclic) bond motifs is 3. The molecule has 4 heterocycles. The van der Waals surface area contributed by atoms with Crippen LogP contribution in [0.4, 0.5) is 10.2 Å². The molecule has 2 N–H and O–H groups in total. The number of piperazine rings is 1. The number of rotatable bonds is 2. The highest BCUT2D eigenvalue weighted by Crippen LogP contribution is 2.35. The first kappa shape index (κ1) is 20.5. The molecule has 2 aromatic heterocycles. The monoisotopic (exact) mass is 410 g/mol. The van der Waals surface area contributed by atoms with Crippen molar-refractivity contribution < 1.29 is 14.3 Å². The quantitative estimate of drug-likeness (QED) is 0.790. The predicted octanol–water partition coefficient (Wildman–Crippen LogP) is 2.35. The van der Waals surface area contributed by atoms with Gasteiger partial charge >= 0.3 is 5.97 Å². The summed E-state index contributed by atoms with van der Waals surface area (Å²) in [4.78, 5) is 30.6. The highest BCUT2D eigenvalue weighted by atomic mass is 35.5. The van der Waals surface area contributed by atoms with Crippen molar-refractivity contribution in [2.45, 2.75) is 57.8 Å². The molecule has 152 valence electrons. The minimum atomic E-state index is -1.33. The molecule has 0 unspecified atom stereocenters. The summed E-state index contributed by atoms with van der Waals surface area (Å²) >= 11 is 0. The van der Waals surface area contributed by atoms with Crippen molar-refractivity contribution in [1.82, 2.24) is 14.9 Å². The largest absolute Gasteiger partial charge is 0.477 e. The van der Waals surface area contributed by atoms with Crippen LogP contribution >= 0.6 is 12.4 Å². The molecule has 0 aromatic carbocycles. The molecule has 2 aliphatic heterocycles. The number of hydrogen-bond acceptors (Lipinski definition) is 5. The fourth-order valence-corrected chi connectivity index (χ4v) is 4.28. The van der Waals surface area contributed by atoms with Crippen molar-refractivity contribution in [3.63, 3.8) is 0 Å². The van der Waals surface area contributed by atoms with E-state index in [1.807, 2.05) is 32.6 Å². The van der Waals surface area contributed by atoms with Gasteiger partial charge in [-0.2, -0.15) is 0 Å². The van der Waals surface area contributed by atoms with Crippen molar-refractivity contribution in [3.8, 4) is 0 Å². The average Bonchev–Trinajstić information content (AvgIpc) is 3.15. The Morgan fingerprint density at radius 1 is 1.39 bits per heavy atom. The molecule has 0 saturated carbocycles. The summed E-state index contributed by atoms with van der Waals surface area (Å²) in [5.74, 6) is -1.70. The van der Waals surface area contributed by atoms with E-state index in [1.54, 1.807) is 4.57 Å². The molecule has 0 aliphatic carbocycles. The first-order valence-electron chi connectivity index (χ1n) is 9.11. The number of anilines is 1. The van der Waals surface area contributed by atoms with Crippen LogP contribution < -0.4 is 15.6 Å². The molecule has 9 heteroatoms. The highest BCUT2D eigenvalue weighted by molar-refractivity contribution is 5.92. The van der Waals surface area contributed by atoms with Crippen LogP contribution in [-0.2, 0) is 5.54 Å². The second-order valence-electron chi connectivity index (χ2n) is 8.43. The smallest absolute Gasteiger partial charge is 0.341 e. The fourth-order valence-electron chi connectivity index (χ4n) is 4.28. The average molecular weight is 411 g/mol. The third kappa shape index (κ3) is 2.95. The van der Waals surface area contributed by atoms with Gasteiger partial charge in [-0.05, 0) is 40.2 Å². The highest BCUT2D eigenvalue weighted by Gasteiger charge is 2.45. The molecule has 3 atom stereocenters. The lowest BCUT2D eigenvalue weighted by molar-refractivity contribution is 0.0694. The van der Waals surface area contributed by atoms with E-state index in [0.29, 0.717) is 11.7 Å². The summed E-state index contributed by atoms with van der Waals surface area (Å²) in [6.07, 6.45) is 2.24. The Balaban J connectivity index is 0.00000225. The number of hydrogen-bond donors (Lipinski definition) is 2. The zero-order valence-electron chi connectivity index (χ0n) is 16.2. The van der Waals surface area contributed by atoms with E-state index in [0.717, 1.165) is 19.0 Å². The SMILES string of the molecule is C[C@H]1[C@H]2C[C@H](CN2)N1c1nc2c(cc1F)c(=O)c(C(=O)O)cn2C(C)(C)C.Cl. The van der Waals surface area contributed by atoms with Crippen molar-refractivity contribution in [1.29, 1.82) is 0 Å². The van der Waals surface area contributed by atoms with E-state index in [2.05, 4.69) is 10.3 Å². The van der Waals surface area contributed by atoms with Gasteiger partial charge in [0.25, 0.3) is 0 Å². The van der Waals surface area contributed by atoms with Gasteiger partial charge in [0.15, 0.2) is 11.6 Å². The second-order valence-corrected chi connectivity index (χ2v) is 8.43. The van der Waals surface area contributed by atoms with Crippen molar-refractivity contribution in [3.05, 3.63) is 33.9 Å². The Morgan fingerprint density at radius 2 is 2.07 bits per heavy atom. The lowest BCUT2D eigenvalue weighted by Crippen LogP contribution is -2.50. The van der Waals surface area contributed by atoms with Crippen LogP contribution in [0.15, 0.2) is 17.1 Å². The van der Waals surface area contributed by atoms with Gasteiger partial charge in [-0.15, -0.1) is 12.4 Å². The Labute approximate surface area is 168 Å². The lowest BCUT2D eigenvalue weighted by Gasteiger charge is -2.35. The number of carbonyl (C=O) groups is 1. The number of carboxylic acids is 1. The molecule has 0 radical (unpaired) electrons. The molecule has 2 aromatic rings. The molecule has 2 saturated heterocycles. The van der Waals surface area contributed by atoms with Crippen molar-refractivity contribution in [2.75, 3.05) is 11.4 Å². The topological polar surface area (TPSA) is 87.5 Å². The zero-order valence-corrected chi connectivity index (χ0v) is 17.0. The number of carboxylic acid groups (broad SMARTS) is 1. The van der Waals surface area contributed by atoms with E-state index < -0.39 is 22.8 Å². The van der Waals surface area contributed by atoms with Gasteiger partial charge in [0, 0.05) is 36.4 Å².